The molecule has 1 unspecified atom stereocenters. The molecule has 162 valence electrons. The molecule has 0 radical (unpaired) electrons. The number of aromatic nitrogens is 1. The maximum atomic E-state index is 12.5. The highest BCUT2D eigenvalue weighted by Gasteiger charge is 2.20. The molecule has 2 aromatic rings. The highest BCUT2D eigenvalue weighted by Crippen LogP contribution is 2.21. The SMILES string of the molecule is COCC(C)n1c(C)cc(C(=O)COC(=O)CNC(=O)c2ccccc2OC)c1C. The predicted molar refractivity (Wildman–Crippen MR) is 111 cm³/mol. The topological polar surface area (TPSA) is 95.9 Å². The van der Waals surface area contributed by atoms with Crippen LogP contribution in [0.1, 0.15) is 45.1 Å². The number of methoxy groups -OCH3 is 2. The number of rotatable bonds is 10. The number of para-hydroxylation sites is 1. The van der Waals surface area contributed by atoms with Crippen LogP contribution in [-0.4, -0.2) is 56.2 Å². The van der Waals surface area contributed by atoms with Gasteiger partial charge in [-0.05, 0) is 39.0 Å². The summed E-state index contributed by atoms with van der Waals surface area (Å²) in [7, 11) is 3.09. The van der Waals surface area contributed by atoms with E-state index in [2.05, 4.69) is 5.32 Å². The van der Waals surface area contributed by atoms with Crippen LogP contribution in [0.4, 0.5) is 0 Å². The zero-order valence-corrected chi connectivity index (χ0v) is 18.0. The maximum Gasteiger partial charge on any atom is 0.325 e. The van der Waals surface area contributed by atoms with Crippen LogP contribution in [0.5, 0.6) is 5.75 Å². The lowest BCUT2D eigenvalue weighted by atomic mass is 10.1. The number of carbonyl (C=O) groups excluding carboxylic acids is 3. The Morgan fingerprint density at radius 1 is 1.10 bits per heavy atom. The summed E-state index contributed by atoms with van der Waals surface area (Å²) in [6.45, 7) is 5.53. The van der Waals surface area contributed by atoms with Crippen molar-refractivity contribution in [3.8, 4) is 5.75 Å². The fourth-order valence-electron chi connectivity index (χ4n) is 3.41. The van der Waals surface area contributed by atoms with E-state index in [1.54, 1.807) is 37.4 Å². The van der Waals surface area contributed by atoms with Gasteiger partial charge in [0.15, 0.2) is 6.61 Å². The number of benzene rings is 1. The molecule has 0 saturated heterocycles. The van der Waals surface area contributed by atoms with Crippen molar-refractivity contribution in [1.29, 1.82) is 0 Å². The lowest BCUT2D eigenvalue weighted by molar-refractivity contribution is -0.141. The van der Waals surface area contributed by atoms with E-state index in [0.29, 0.717) is 23.5 Å². The third-order valence-corrected chi connectivity index (χ3v) is 4.74. The number of nitrogens with zero attached hydrogens (tertiary/aromatic N) is 1. The smallest absolute Gasteiger partial charge is 0.325 e. The highest BCUT2D eigenvalue weighted by atomic mass is 16.5. The molecule has 1 heterocycles. The van der Waals surface area contributed by atoms with Crippen LogP contribution < -0.4 is 10.1 Å². The summed E-state index contributed by atoms with van der Waals surface area (Å²) in [5.74, 6) is -1.07. The summed E-state index contributed by atoms with van der Waals surface area (Å²) >= 11 is 0. The van der Waals surface area contributed by atoms with Crippen LogP contribution in [0.3, 0.4) is 0 Å². The van der Waals surface area contributed by atoms with E-state index in [0.717, 1.165) is 11.4 Å². The number of ether oxygens (including phenoxy) is 3. The summed E-state index contributed by atoms with van der Waals surface area (Å²) < 4.78 is 17.4. The van der Waals surface area contributed by atoms with Gasteiger partial charge in [0.1, 0.15) is 12.3 Å². The lowest BCUT2D eigenvalue weighted by Gasteiger charge is -2.17. The molecule has 8 heteroatoms. The van der Waals surface area contributed by atoms with Crippen molar-refractivity contribution in [2.24, 2.45) is 0 Å². The third-order valence-electron chi connectivity index (χ3n) is 4.74. The molecule has 1 N–H and O–H groups in total. The Hall–Kier alpha value is -3.13. The monoisotopic (exact) mass is 416 g/mol. The number of ketones is 1. The Morgan fingerprint density at radius 2 is 1.80 bits per heavy atom. The highest BCUT2D eigenvalue weighted by molar-refractivity contribution is 6.00. The Bertz CT molecular complexity index is 918. The number of nitrogens with one attached hydrogen (secondary N) is 1. The average Bonchev–Trinajstić information content (AvgIpc) is 3.04. The van der Waals surface area contributed by atoms with Gasteiger partial charge in [-0.1, -0.05) is 12.1 Å². The van der Waals surface area contributed by atoms with Crippen LogP contribution in [0.15, 0.2) is 30.3 Å². The molecular weight excluding hydrogens is 388 g/mol. The molecule has 0 bridgehead atoms. The van der Waals surface area contributed by atoms with Gasteiger partial charge in [-0.3, -0.25) is 14.4 Å². The molecule has 2 rings (SSSR count). The summed E-state index contributed by atoms with van der Waals surface area (Å²) in [4.78, 5) is 36.7. The zero-order valence-electron chi connectivity index (χ0n) is 18.0. The van der Waals surface area contributed by atoms with Gasteiger partial charge in [0.2, 0.25) is 5.78 Å². The number of carbonyl (C=O) groups is 3. The van der Waals surface area contributed by atoms with Gasteiger partial charge in [-0.25, -0.2) is 0 Å². The summed E-state index contributed by atoms with van der Waals surface area (Å²) in [6.07, 6.45) is 0. The first-order valence-electron chi connectivity index (χ1n) is 9.57. The van der Waals surface area contributed by atoms with Crippen molar-refractivity contribution < 1.29 is 28.6 Å². The second-order valence-corrected chi connectivity index (χ2v) is 6.93. The van der Waals surface area contributed by atoms with Crippen LogP contribution in [-0.2, 0) is 14.3 Å². The number of amides is 1. The van der Waals surface area contributed by atoms with Crippen molar-refractivity contribution in [3.63, 3.8) is 0 Å². The van der Waals surface area contributed by atoms with Gasteiger partial charge in [-0.2, -0.15) is 0 Å². The van der Waals surface area contributed by atoms with E-state index >= 15 is 0 Å². The molecule has 0 fully saturated rings. The molecule has 1 aromatic heterocycles. The molecule has 1 atom stereocenters. The molecule has 1 aromatic carbocycles. The first-order valence-corrected chi connectivity index (χ1v) is 9.57. The first-order chi connectivity index (χ1) is 14.3. The number of hydrogen-bond donors (Lipinski definition) is 1. The number of aryl methyl sites for hydroxylation is 1. The van der Waals surface area contributed by atoms with E-state index in [9.17, 15) is 14.4 Å². The van der Waals surface area contributed by atoms with Crippen LogP contribution in [0.25, 0.3) is 0 Å². The molecule has 30 heavy (non-hydrogen) atoms. The van der Waals surface area contributed by atoms with Crippen molar-refractivity contribution in [2.75, 3.05) is 34.0 Å². The fraction of sp³-hybridized carbons (Fsp3) is 0.409. The zero-order chi connectivity index (χ0) is 22.3. The van der Waals surface area contributed by atoms with Crippen LogP contribution in [0.2, 0.25) is 0 Å². The Labute approximate surface area is 176 Å². The van der Waals surface area contributed by atoms with Gasteiger partial charge < -0.3 is 24.1 Å². The van der Waals surface area contributed by atoms with Crippen molar-refractivity contribution in [2.45, 2.75) is 26.8 Å². The van der Waals surface area contributed by atoms with E-state index in [-0.39, 0.29) is 18.4 Å². The first kappa shape index (κ1) is 23.2. The van der Waals surface area contributed by atoms with Gasteiger partial charge >= 0.3 is 5.97 Å². The molecule has 8 nitrogen and oxygen atoms in total. The summed E-state index contributed by atoms with van der Waals surface area (Å²) in [5, 5.41) is 2.47. The summed E-state index contributed by atoms with van der Waals surface area (Å²) in [6, 6.07) is 8.52. The molecule has 0 saturated carbocycles. The fourth-order valence-corrected chi connectivity index (χ4v) is 3.41. The standard InChI is InChI=1S/C22H28N2O6/c1-14-10-18(16(3)24(14)15(2)12-28-4)19(25)13-30-21(26)11-23-22(27)17-8-6-7-9-20(17)29-5/h6-10,15H,11-13H2,1-5H3,(H,23,27). The predicted octanol–water partition coefficient (Wildman–Crippen LogP) is 2.48. The van der Waals surface area contributed by atoms with Gasteiger partial charge in [0.05, 0.1) is 25.3 Å². The van der Waals surface area contributed by atoms with E-state index < -0.39 is 18.5 Å². The van der Waals surface area contributed by atoms with E-state index in [4.69, 9.17) is 14.2 Å². The van der Waals surface area contributed by atoms with Gasteiger partial charge in [0.25, 0.3) is 5.91 Å². The molecule has 0 spiro atoms. The van der Waals surface area contributed by atoms with Gasteiger partial charge in [0, 0.05) is 24.1 Å². The molecule has 1 amide bonds. The Balaban J connectivity index is 1.91. The number of hydrogen-bond acceptors (Lipinski definition) is 6. The lowest BCUT2D eigenvalue weighted by Crippen LogP contribution is -2.31. The van der Waals surface area contributed by atoms with Crippen LogP contribution in [0, 0.1) is 13.8 Å². The van der Waals surface area contributed by atoms with E-state index in [1.807, 2.05) is 25.3 Å². The minimum atomic E-state index is -0.701. The van der Waals surface area contributed by atoms with Crippen molar-refractivity contribution in [3.05, 3.63) is 52.8 Å². The molecule has 0 aliphatic carbocycles. The quantitative estimate of drug-likeness (QED) is 0.472. The second kappa shape index (κ2) is 10.6. The largest absolute Gasteiger partial charge is 0.496 e. The third kappa shape index (κ3) is 5.48. The van der Waals surface area contributed by atoms with Crippen LogP contribution >= 0.6 is 0 Å². The minimum absolute atomic E-state index is 0.0734. The Morgan fingerprint density at radius 3 is 2.47 bits per heavy atom. The normalized spacial score (nSPS) is 11.6. The minimum Gasteiger partial charge on any atom is -0.496 e. The van der Waals surface area contributed by atoms with Crippen molar-refractivity contribution >= 4 is 17.7 Å². The molecule has 0 aliphatic heterocycles. The second-order valence-electron chi connectivity index (χ2n) is 6.93. The maximum absolute atomic E-state index is 12.5. The van der Waals surface area contributed by atoms with Crippen molar-refractivity contribution in [1.82, 2.24) is 9.88 Å². The van der Waals surface area contributed by atoms with Gasteiger partial charge in [-0.15, -0.1) is 0 Å². The molecule has 0 aliphatic rings. The number of esters is 1. The summed E-state index contributed by atoms with van der Waals surface area (Å²) in [5.41, 5.74) is 2.53. The molecular formula is C22H28N2O6. The average molecular weight is 416 g/mol. The Kier molecular flexibility index (Phi) is 8.17. The van der Waals surface area contributed by atoms with E-state index in [1.165, 1.54) is 7.11 Å². The number of Topliss-reactive ketones (excluding diaryl/α,β-unsaturated/α-hetero) is 1.